The number of aliphatic imine (C=N–C) groups is 1. The van der Waals surface area contributed by atoms with Gasteiger partial charge >= 0.3 is 0 Å². The maximum absolute atomic E-state index is 10.6. The molecule has 0 fully saturated rings. The van der Waals surface area contributed by atoms with Gasteiger partial charge in [0, 0.05) is 20.3 Å². The van der Waals surface area contributed by atoms with Crippen LogP contribution in [0.3, 0.4) is 0 Å². The van der Waals surface area contributed by atoms with Gasteiger partial charge in [0.05, 0.1) is 11.4 Å². The van der Waals surface area contributed by atoms with E-state index in [1.807, 2.05) is 30.3 Å². The summed E-state index contributed by atoms with van der Waals surface area (Å²) in [5.41, 5.74) is 2.35. The molecular formula is C18H19ClN4O2. The van der Waals surface area contributed by atoms with Crippen LogP contribution < -0.4 is 0 Å². The molecule has 0 spiro atoms. The zero-order chi connectivity index (χ0) is 18.5. The Labute approximate surface area is 155 Å². The third-order valence-corrected chi connectivity index (χ3v) is 3.91. The SMILES string of the molecule is C.O.[2H]C([2H])([2H])c1nnc2n1-c1ccc(Cl)cc1C(c1ccccc1)=NC2O. The molecule has 2 heterocycles. The molecule has 1 atom stereocenters. The van der Waals surface area contributed by atoms with Gasteiger partial charge in [0.15, 0.2) is 5.82 Å². The Hall–Kier alpha value is -2.54. The third kappa shape index (κ3) is 3.07. The van der Waals surface area contributed by atoms with Gasteiger partial charge in [0.25, 0.3) is 0 Å². The van der Waals surface area contributed by atoms with Crippen molar-refractivity contribution in [3.63, 3.8) is 0 Å². The highest BCUT2D eigenvalue weighted by atomic mass is 35.5. The van der Waals surface area contributed by atoms with E-state index in [1.54, 1.807) is 18.2 Å². The van der Waals surface area contributed by atoms with Crippen LogP contribution in [0.4, 0.5) is 0 Å². The van der Waals surface area contributed by atoms with Gasteiger partial charge in [-0.1, -0.05) is 49.4 Å². The number of fused-ring (bicyclic) bond motifs is 3. The van der Waals surface area contributed by atoms with Gasteiger partial charge < -0.3 is 10.6 Å². The van der Waals surface area contributed by atoms with Gasteiger partial charge in [-0.15, -0.1) is 10.2 Å². The van der Waals surface area contributed by atoms with Crippen molar-refractivity contribution >= 4 is 17.3 Å². The van der Waals surface area contributed by atoms with Crippen molar-refractivity contribution < 1.29 is 14.7 Å². The summed E-state index contributed by atoms with van der Waals surface area (Å²) >= 11 is 6.18. The number of nitrogens with zero attached hydrogens (tertiary/aromatic N) is 4. The minimum atomic E-state index is -2.50. The van der Waals surface area contributed by atoms with Crippen molar-refractivity contribution in [1.82, 2.24) is 14.8 Å². The molecule has 0 aliphatic carbocycles. The second-order valence-electron chi connectivity index (χ2n) is 5.10. The van der Waals surface area contributed by atoms with E-state index in [9.17, 15) is 5.11 Å². The predicted octanol–water partition coefficient (Wildman–Crippen LogP) is 2.88. The van der Waals surface area contributed by atoms with Crippen LogP contribution in [-0.4, -0.2) is 31.1 Å². The van der Waals surface area contributed by atoms with E-state index in [2.05, 4.69) is 15.2 Å². The van der Waals surface area contributed by atoms with Crippen LogP contribution in [0, 0.1) is 6.85 Å². The third-order valence-electron chi connectivity index (χ3n) is 3.67. The first-order chi connectivity index (χ1) is 12.4. The molecule has 7 heteroatoms. The van der Waals surface area contributed by atoms with E-state index in [1.165, 1.54) is 4.57 Å². The first-order valence-corrected chi connectivity index (χ1v) is 7.31. The monoisotopic (exact) mass is 361 g/mol. The first kappa shape index (κ1) is 14.8. The summed E-state index contributed by atoms with van der Waals surface area (Å²) in [6.07, 6.45) is -1.36. The van der Waals surface area contributed by atoms with Crippen molar-refractivity contribution in [2.24, 2.45) is 4.99 Å². The molecule has 3 N–H and O–H groups in total. The van der Waals surface area contributed by atoms with Crippen LogP contribution in [0.2, 0.25) is 5.02 Å². The summed E-state index contributed by atoms with van der Waals surface area (Å²) in [6, 6.07) is 14.3. The zero-order valence-electron chi connectivity index (χ0n) is 15.3. The minimum Gasteiger partial charge on any atom is -0.412 e. The van der Waals surface area contributed by atoms with Crippen LogP contribution in [0.1, 0.15) is 40.5 Å². The number of benzene rings is 2. The molecule has 0 saturated heterocycles. The molecule has 25 heavy (non-hydrogen) atoms. The minimum absolute atomic E-state index is 0. The Morgan fingerprint density at radius 3 is 2.64 bits per heavy atom. The molecular weight excluding hydrogens is 340 g/mol. The Morgan fingerprint density at radius 1 is 1.16 bits per heavy atom. The number of aliphatic hydroxyl groups excluding tert-OH is 1. The van der Waals surface area contributed by atoms with Crippen molar-refractivity contribution in [3.8, 4) is 5.69 Å². The van der Waals surface area contributed by atoms with Crippen molar-refractivity contribution in [3.05, 3.63) is 76.3 Å². The second kappa shape index (κ2) is 7.14. The summed E-state index contributed by atoms with van der Waals surface area (Å²) < 4.78 is 24.5. The molecule has 1 unspecified atom stereocenters. The highest BCUT2D eigenvalue weighted by molar-refractivity contribution is 6.31. The van der Waals surface area contributed by atoms with Gasteiger partial charge in [-0.25, -0.2) is 4.99 Å². The Morgan fingerprint density at radius 2 is 1.92 bits per heavy atom. The topological polar surface area (TPSA) is 94.8 Å². The zero-order valence-corrected chi connectivity index (χ0v) is 13.1. The van der Waals surface area contributed by atoms with E-state index in [0.29, 0.717) is 22.0 Å². The van der Waals surface area contributed by atoms with Crippen molar-refractivity contribution in [2.45, 2.75) is 20.5 Å². The molecule has 0 amide bonds. The van der Waals surface area contributed by atoms with E-state index in [-0.39, 0.29) is 24.6 Å². The summed E-state index contributed by atoms with van der Waals surface area (Å²) in [7, 11) is 0. The van der Waals surface area contributed by atoms with Gasteiger partial charge in [0.2, 0.25) is 6.23 Å². The lowest BCUT2D eigenvalue weighted by atomic mass is 10.0. The van der Waals surface area contributed by atoms with Gasteiger partial charge in [0.1, 0.15) is 5.82 Å². The maximum atomic E-state index is 10.6. The smallest absolute Gasteiger partial charge is 0.207 e. The lowest BCUT2D eigenvalue weighted by Crippen LogP contribution is -2.08. The van der Waals surface area contributed by atoms with Crippen LogP contribution in [0.25, 0.3) is 5.69 Å². The van der Waals surface area contributed by atoms with Crippen LogP contribution in [-0.2, 0) is 0 Å². The quantitative estimate of drug-likeness (QED) is 0.721. The van der Waals surface area contributed by atoms with Gasteiger partial charge in [-0.3, -0.25) is 4.57 Å². The first-order valence-electron chi connectivity index (χ1n) is 8.43. The molecule has 6 nitrogen and oxygen atoms in total. The van der Waals surface area contributed by atoms with Crippen LogP contribution in [0.5, 0.6) is 0 Å². The standard InChI is InChI=1S/C17H13ClN4O.CH4.H2O/c1-10-20-21-16-17(23)19-15(11-5-3-2-4-6-11)13-9-12(18)7-8-14(13)22(10)16;;/h2-9,17,23H,1H3;1H4;1H2/i1D3;;. The van der Waals surface area contributed by atoms with Crippen LogP contribution >= 0.6 is 11.6 Å². The molecule has 3 aromatic rings. The molecule has 130 valence electrons. The Balaban J connectivity index is 0.00000140. The molecule has 2 aromatic carbocycles. The Kier molecular flexibility index (Phi) is 4.22. The maximum Gasteiger partial charge on any atom is 0.207 e. The van der Waals surface area contributed by atoms with E-state index >= 15 is 0 Å². The normalized spacial score (nSPS) is 17.3. The molecule has 4 rings (SSSR count). The number of hydrogen-bond acceptors (Lipinski definition) is 4. The molecule has 1 aromatic heterocycles. The second-order valence-corrected chi connectivity index (χ2v) is 5.53. The van der Waals surface area contributed by atoms with Crippen molar-refractivity contribution in [2.75, 3.05) is 0 Å². The lowest BCUT2D eigenvalue weighted by Gasteiger charge is -2.12. The summed E-state index contributed by atoms with van der Waals surface area (Å²) in [5, 5.41) is 18.7. The molecule has 0 radical (unpaired) electrons. The number of aryl methyl sites for hydroxylation is 1. The highest BCUT2D eigenvalue weighted by Gasteiger charge is 2.26. The fraction of sp³-hybridized carbons (Fsp3) is 0.167. The van der Waals surface area contributed by atoms with E-state index in [0.717, 1.165) is 5.56 Å². The summed E-state index contributed by atoms with van der Waals surface area (Å²) in [5.74, 6) is -0.190. The van der Waals surface area contributed by atoms with Crippen LogP contribution in [0.15, 0.2) is 53.5 Å². The predicted molar refractivity (Wildman–Crippen MR) is 98.5 cm³/mol. The van der Waals surface area contributed by atoms with E-state index in [4.69, 9.17) is 15.7 Å². The van der Waals surface area contributed by atoms with Gasteiger partial charge in [-0.2, -0.15) is 0 Å². The highest BCUT2D eigenvalue weighted by Crippen LogP contribution is 2.31. The average Bonchev–Trinajstić information content (AvgIpc) is 3.01. The number of aliphatic hydroxyl groups is 1. The largest absolute Gasteiger partial charge is 0.412 e. The fourth-order valence-corrected chi connectivity index (χ4v) is 2.84. The average molecular weight is 362 g/mol. The summed E-state index contributed by atoms with van der Waals surface area (Å²) in [6.45, 7) is -2.50. The molecule has 1 aliphatic rings. The lowest BCUT2D eigenvalue weighted by molar-refractivity contribution is 0.177. The number of aromatic nitrogens is 3. The number of hydrogen-bond donors (Lipinski definition) is 1. The summed E-state index contributed by atoms with van der Waals surface area (Å²) in [4.78, 5) is 4.37. The van der Waals surface area contributed by atoms with Crippen molar-refractivity contribution in [1.29, 1.82) is 0 Å². The molecule has 1 aliphatic heterocycles. The van der Waals surface area contributed by atoms with Gasteiger partial charge in [-0.05, 0) is 25.1 Å². The Bertz CT molecular complexity index is 1020. The number of halogens is 1. The fourth-order valence-electron chi connectivity index (χ4n) is 2.67. The van der Waals surface area contributed by atoms with E-state index < -0.39 is 13.1 Å². The molecule has 0 saturated carbocycles. The number of rotatable bonds is 1. The molecule has 0 bridgehead atoms.